The fourth-order valence-corrected chi connectivity index (χ4v) is 15.3. The molecule has 92 heavy (non-hydrogen) atoms. The van der Waals surface area contributed by atoms with Crippen LogP contribution in [-0.2, 0) is 16.2 Å². The minimum absolute atomic E-state index is 0.266. The maximum absolute atomic E-state index is 15.4. The molecule has 0 fully saturated rings. The van der Waals surface area contributed by atoms with Crippen molar-refractivity contribution < 1.29 is 18.3 Å². The highest BCUT2D eigenvalue weighted by Crippen LogP contribution is 2.61. The molecule has 5 heteroatoms. The third-order valence-corrected chi connectivity index (χ3v) is 19.4. The summed E-state index contributed by atoms with van der Waals surface area (Å²) in [5, 5.41) is 0. The predicted octanol–water partition coefficient (Wildman–Crippen LogP) is 23.0. The third kappa shape index (κ3) is 8.82. The van der Waals surface area contributed by atoms with Crippen molar-refractivity contribution in [2.45, 2.75) is 30.1 Å². The van der Waals surface area contributed by atoms with Gasteiger partial charge in [0.05, 0.1) is 10.8 Å². The van der Waals surface area contributed by atoms with Gasteiger partial charge in [0.2, 0.25) is 0 Å². The fourth-order valence-electron chi connectivity index (χ4n) is 15.3. The second-order valence-electron chi connectivity index (χ2n) is 24.6. The number of fused-ring (bicyclic) bond motifs is 9. The van der Waals surface area contributed by atoms with E-state index in [1.54, 1.807) is 24.3 Å². The number of ether oxygens (including phenoxy) is 2. The molecule has 440 valence electrons. The van der Waals surface area contributed by atoms with Gasteiger partial charge >= 0.3 is 0 Å². The minimum Gasteiger partial charge on any atom is -0.457 e. The fraction of sp³-hybridized carbons (Fsp3) is 0.0575. The lowest BCUT2D eigenvalue weighted by molar-refractivity contribution is 0.482. The van der Waals surface area contributed by atoms with Gasteiger partial charge in [0.25, 0.3) is 0 Å². The smallest absolute Gasteiger partial charge is 0.127 e. The predicted molar refractivity (Wildman–Crippen MR) is 372 cm³/mol. The van der Waals surface area contributed by atoms with Crippen LogP contribution in [0.3, 0.4) is 0 Å². The molecule has 0 heterocycles. The van der Waals surface area contributed by atoms with E-state index in [9.17, 15) is 0 Å². The van der Waals surface area contributed by atoms with E-state index in [1.807, 2.05) is 109 Å². The van der Waals surface area contributed by atoms with E-state index in [-0.39, 0.29) is 17.0 Å². The van der Waals surface area contributed by atoms with Crippen LogP contribution in [-0.4, -0.2) is 0 Å². The summed E-state index contributed by atoms with van der Waals surface area (Å²) in [6, 6.07) is 102. The van der Waals surface area contributed by atoms with Crippen molar-refractivity contribution in [3.05, 3.63) is 389 Å². The van der Waals surface area contributed by atoms with Crippen molar-refractivity contribution in [3.63, 3.8) is 0 Å². The first-order valence-electron chi connectivity index (χ1n) is 31.2. The standard InChI is InChI=1S/C87H61F2NO2/c1-5-56-25-43-68(44-26-56)91-70-47-33-61(34-48-70)86(59-29-37-63(88)38-30-59)80-23-11-8-17-73(80)76-51-41-66(54-82(76)86)90(65-16-13-15-58(53-65)72-20-14-21-78-75-19-7-10-22-79(75)85(3,4)84(72)78)67-42-52-77-74-18-9-12-24-81(74)87(83(77)55-67,60-31-39-64(89)40-32-60)62-35-49-71(50-36-62)92-69-45-27-57(6-2)28-46-69/h5-55H,1-2H2,3-4H3. The topological polar surface area (TPSA) is 21.7 Å². The molecule has 0 amide bonds. The summed E-state index contributed by atoms with van der Waals surface area (Å²) in [7, 11) is 0. The number of nitrogens with zero attached hydrogens (tertiary/aromatic N) is 1. The lowest BCUT2D eigenvalue weighted by Gasteiger charge is -2.36. The number of anilines is 3. The Kier molecular flexibility index (Phi) is 13.3. The number of benzene rings is 13. The maximum atomic E-state index is 15.4. The maximum Gasteiger partial charge on any atom is 0.127 e. The average Bonchev–Trinajstić information content (AvgIpc) is 1.60. The monoisotopic (exact) mass is 1190 g/mol. The Morgan fingerprint density at radius 3 is 1.11 bits per heavy atom. The highest BCUT2D eigenvalue weighted by molar-refractivity contribution is 5.94. The molecule has 0 bridgehead atoms. The Morgan fingerprint density at radius 1 is 0.315 bits per heavy atom. The van der Waals surface area contributed by atoms with Crippen LogP contribution in [0.15, 0.2) is 310 Å². The van der Waals surface area contributed by atoms with Gasteiger partial charge in [0.15, 0.2) is 0 Å². The zero-order valence-corrected chi connectivity index (χ0v) is 50.9. The molecule has 0 N–H and O–H groups in total. The molecular formula is C87H61F2NO2. The van der Waals surface area contributed by atoms with Gasteiger partial charge in [-0.3, -0.25) is 0 Å². The summed E-state index contributed by atoms with van der Waals surface area (Å²) in [6.07, 6.45) is 3.63. The van der Waals surface area contributed by atoms with Crippen LogP contribution in [0.2, 0.25) is 0 Å². The largest absolute Gasteiger partial charge is 0.457 e. The van der Waals surface area contributed by atoms with Gasteiger partial charge in [-0.05, 0) is 220 Å². The molecule has 3 aliphatic carbocycles. The van der Waals surface area contributed by atoms with E-state index in [1.165, 1.54) is 27.8 Å². The van der Waals surface area contributed by atoms with E-state index in [2.05, 4.69) is 208 Å². The molecule has 3 aliphatic rings. The summed E-state index contributed by atoms with van der Waals surface area (Å²) in [4.78, 5) is 2.40. The molecule has 3 nitrogen and oxygen atoms in total. The molecule has 16 rings (SSSR count). The van der Waals surface area contributed by atoms with E-state index in [4.69, 9.17) is 9.47 Å². The van der Waals surface area contributed by atoms with Crippen molar-refractivity contribution in [1.29, 1.82) is 0 Å². The molecule has 0 radical (unpaired) electrons. The van der Waals surface area contributed by atoms with Crippen molar-refractivity contribution >= 4 is 29.2 Å². The van der Waals surface area contributed by atoms with Gasteiger partial charge < -0.3 is 14.4 Å². The number of hydrogen-bond donors (Lipinski definition) is 0. The first-order valence-corrected chi connectivity index (χ1v) is 31.2. The molecule has 13 aromatic carbocycles. The SMILES string of the molecule is C=Cc1ccc(Oc2ccc(C3(c4ccc(F)cc4)c4ccccc4-c4ccc(N(c5cccc(-c6cccc7c6C(C)(C)c6ccccc6-7)c5)c5ccc6c(c5)C(c5ccc(F)cc5)(c5ccc(Oc7ccc(C=C)cc7)cc5)c5ccccc5-6)cc43)cc2)cc1. The molecule has 0 aliphatic heterocycles. The first-order chi connectivity index (χ1) is 45.0. The molecule has 0 aromatic heterocycles. The van der Waals surface area contributed by atoms with Gasteiger partial charge in [0.1, 0.15) is 34.6 Å². The van der Waals surface area contributed by atoms with E-state index in [0.717, 1.165) is 101 Å². The summed E-state index contributed by atoms with van der Waals surface area (Å²) in [5.41, 5.74) is 22.5. The average molecular weight is 1190 g/mol. The van der Waals surface area contributed by atoms with Crippen LogP contribution in [0.25, 0.3) is 56.7 Å². The molecule has 2 unspecified atom stereocenters. The normalized spacial score (nSPS) is 15.9. The Hall–Kier alpha value is -11.4. The molecule has 2 atom stereocenters. The quantitative estimate of drug-likeness (QED) is 0.108. The van der Waals surface area contributed by atoms with Crippen LogP contribution in [0, 0.1) is 11.6 Å². The second kappa shape index (κ2) is 22.0. The van der Waals surface area contributed by atoms with Crippen molar-refractivity contribution in [2.24, 2.45) is 0 Å². The second-order valence-corrected chi connectivity index (χ2v) is 24.6. The van der Waals surface area contributed by atoms with E-state index < -0.39 is 10.8 Å². The summed E-state index contributed by atoms with van der Waals surface area (Å²) in [6.45, 7) is 12.5. The molecule has 13 aromatic rings. The zero-order valence-electron chi connectivity index (χ0n) is 50.9. The third-order valence-electron chi connectivity index (χ3n) is 19.4. The summed E-state index contributed by atoms with van der Waals surface area (Å²) >= 11 is 0. The van der Waals surface area contributed by atoms with Crippen molar-refractivity contribution in [3.8, 4) is 67.5 Å². The lowest BCUT2D eigenvalue weighted by atomic mass is 9.67. The van der Waals surface area contributed by atoms with Crippen LogP contribution < -0.4 is 14.4 Å². The van der Waals surface area contributed by atoms with Gasteiger partial charge in [-0.25, -0.2) is 8.78 Å². The molecular weight excluding hydrogens is 1130 g/mol. The number of hydrogen-bond acceptors (Lipinski definition) is 3. The molecule has 0 saturated carbocycles. The number of halogens is 2. The number of rotatable bonds is 14. The van der Waals surface area contributed by atoms with Crippen molar-refractivity contribution in [1.82, 2.24) is 0 Å². The van der Waals surface area contributed by atoms with Crippen LogP contribution >= 0.6 is 0 Å². The van der Waals surface area contributed by atoms with E-state index >= 15 is 8.78 Å². The van der Waals surface area contributed by atoms with Gasteiger partial charge in [0, 0.05) is 22.5 Å². The van der Waals surface area contributed by atoms with Crippen LogP contribution in [0.5, 0.6) is 23.0 Å². The first kappa shape index (κ1) is 55.9. The van der Waals surface area contributed by atoms with Gasteiger partial charge in [-0.15, -0.1) is 0 Å². The Morgan fingerprint density at radius 2 is 0.663 bits per heavy atom. The minimum atomic E-state index is -0.916. The van der Waals surface area contributed by atoms with Crippen LogP contribution in [0.4, 0.5) is 25.8 Å². The Labute approximate surface area is 535 Å². The lowest BCUT2D eigenvalue weighted by Crippen LogP contribution is -2.29. The highest BCUT2D eigenvalue weighted by Gasteiger charge is 2.49. The Balaban J connectivity index is 0.920. The molecule has 0 saturated heterocycles. The summed E-state index contributed by atoms with van der Waals surface area (Å²) < 4.78 is 43.8. The Bertz CT molecular complexity index is 4800. The highest BCUT2D eigenvalue weighted by atomic mass is 19.1. The van der Waals surface area contributed by atoms with E-state index in [0.29, 0.717) is 23.0 Å². The van der Waals surface area contributed by atoms with Gasteiger partial charge in [-0.2, -0.15) is 0 Å². The molecule has 0 spiro atoms. The zero-order chi connectivity index (χ0) is 62.3. The summed E-state index contributed by atoms with van der Waals surface area (Å²) in [5.74, 6) is 2.18. The van der Waals surface area contributed by atoms with Gasteiger partial charge in [-0.1, -0.05) is 227 Å². The van der Waals surface area contributed by atoms with Crippen LogP contribution in [0.1, 0.15) is 80.6 Å². The van der Waals surface area contributed by atoms with Crippen molar-refractivity contribution in [2.75, 3.05) is 4.90 Å².